The molecule has 1 unspecified atom stereocenters. The van der Waals surface area contributed by atoms with E-state index in [0.717, 1.165) is 11.6 Å². The summed E-state index contributed by atoms with van der Waals surface area (Å²) in [5.41, 5.74) is 3.76. The Morgan fingerprint density at radius 3 is 2.35 bits per heavy atom. The van der Waals surface area contributed by atoms with Gasteiger partial charge in [0.1, 0.15) is 34.9 Å². The summed E-state index contributed by atoms with van der Waals surface area (Å²) in [5.74, 6) is -0.924. The summed E-state index contributed by atoms with van der Waals surface area (Å²) in [6, 6.07) is 15.0. The first-order valence-electron chi connectivity index (χ1n) is 9.09. The Morgan fingerprint density at radius 1 is 0.935 bits per heavy atom. The molecule has 4 rings (SSSR count). The summed E-state index contributed by atoms with van der Waals surface area (Å²) in [6.45, 7) is 0. The van der Waals surface area contributed by atoms with E-state index in [4.69, 9.17) is 4.74 Å². The van der Waals surface area contributed by atoms with E-state index in [1.807, 2.05) is 0 Å². The number of phenolic OH excluding ortho intramolecular Hbond substituents is 4. The van der Waals surface area contributed by atoms with Crippen LogP contribution in [0.1, 0.15) is 34.0 Å². The number of rotatable bonds is 3. The van der Waals surface area contributed by atoms with Gasteiger partial charge in [-0.25, -0.2) is 5.43 Å². The summed E-state index contributed by atoms with van der Waals surface area (Å²) in [7, 11) is 0. The number of carbonyl (C=O) groups excluding carboxylic acids is 1. The summed E-state index contributed by atoms with van der Waals surface area (Å²) >= 11 is 0. The van der Waals surface area contributed by atoms with Gasteiger partial charge in [-0.1, -0.05) is 24.3 Å². The van der Waals surface area contributed by atoms with E-state index in [0.29, 0.717) is 5.71 Å². The average Bonchev–Trinajstić information content (AvgIpc) is 2.72. The summed E-state index contributed by atoms with van der Waals surface area (Å²) in [5, 5.41) is 43.7. The quantitative estimate of drug-likeness (QED) is 0.296. The topological polar surface area (TPSA) is 132 Å². The van der Waals surface area contributed by atoms with Gasteiger partial charge < -0.3 is 25.2 Å². The van der Waals surface area contributed by atoms with Gasteiger partial charge in [-0.15, -0.1) is 0 Å². The number of nitrogens with one attached hydrogen (secondary N) is 1. The zero-order valence-electron chi connectivity index (χ0n) is 15.9. The fourth-order valence-corrected chi connectivity index (χ4v) is 3.26. The van der Waals surface area contributed by atoms with Gasteiger partial charge in [0.05, 0.1) is 16.8 Å². The molecule has 0 saturated heterocycles. The van der Waals surface area contributed by atoms with Crippen molar-refractivity contribution in [1.82, 2.24) is 5.43 Å². The molecule has 0 spiro atoms. The molecule has 31 heavy (non-hydrogen) atoms. The molecular weight excluding hydrogens is 452 g/mol. The molecule has 1 aliphatic rings. The SMILES string of the molecule is O=C(N/N=C1/CC(c2ccc(O)cc2)Oc2cc(O)cc(O)c21)c1ccccc1O.[Cu+2]. The van der Waals surface area contributed by atoms with E-state index in [9.17, 15) is 25.2 Å². The first-order valence-corrected chi connectivity index (χ1v) is 9.09. The third-order valence-electron chi connectivity index (χ3n) is 4.71. The third kappa shape index (κ3) is 4.58. The minimum atomic E-state index is -0.618. The molecule has 0 fully saturated rings. The molecular formula is C22H18CuN2O6+2. The van der Waals surface area contributed by atoms with Crippen molar-refractivity contribution in [2.24, 2.45) is 5.10 Å². The van der Waals surface area contributed by atoms with Crippen LogP contribution in [0.15, 0.2) is 65.8 Å². The maximum absolute atomic E-state index is 12.4. The van der Waals surface area contributed by atoms with Crippen molar-refractivity contribution in [3.05, 3.63) is 77.4 Å². The number of nitrogens with zero attached hydrogens (tertiary/aromatic N) is 1. The van der Waals surface area contributed by atoms with Gasteiger partial charge >= 0.3 is 17.1 Å². The van der Waals surface area contributed by atoms with Crippen LogP contribution in [0, 0.1) is 0 Å². The van der Waals surface area contributed by atoms with E-state index in [-0.39, 0.29) is 63.4 Å². The Balaban J connectivity index is 0.00000272. The summed E-state index contributed by atoms with van der Waals surface area (Å²) < 4.78 is 5.93. The number of hydrazone groups is 1. The second-order valence-electron chi connectivity index (χ2n) is 6.76. The summed E-state index contributed by atoms with van der Waals surface area (Å²) in [4.78, 5) is 12.4. The number of ether oxygens (including phenoxy) is 1. The predicted octanol–water partition coefficient (Wildman–Crippen LogP) is 3.16. The fourth-order valence-electron chi connectivity index (χ4n) is 3.26. The van der Waals surface area contributed by atoms with Crippen LogP contribution < -0.4 is 10.2 Å². The van der Waals surface area contributed by atoms with Crippen LogP contribution in [0.2, 0.25) is 0 Å². The zero-order chi connectivity index (χ0) is 21.3. The van der Waals surface area contributed by atoms with Crippen LogP contribution >= 0.6 is 0 Å². The zero-order valence-corrected chi connectivity index (χ0v) is 16.9. The largest absolute Gasteiger partial charge is 2.00 e. The molecule has 3 aromatic carbocycles. The second-order valence-corrected chi connectivity index (χ2v) is 6.76. The van der Waals surface area contributed by atoms with Crippen LogP contribution in [-0.4, -0.2) is 32.0 Å². The smallest absolute Gasteiger partial charge is 0.508 e. The van der Waals surface area contributed by atoms with Crippen LogP contribution in [-0.2, 0) is 17.1 Å². The van der Waals surface area contributed by atoms with Crippen molar-refractivity contribution in [3.63, 3.8) is 0 Å². The first kappa shape index (κ1) is 22.0. The average molecular weight is 470 g/mol. The molecule has 3 aromatic rings. The van der Waals surface area contributed by atoms with Crippen molar-refractivity contribution in [2.45, 2.75) is 12.5 Å². The van der Waals surface area contributed by atoms with Crippen molar-refractivity contribution < 1.29 is 47.0 Å². The Bertz CT molecular complexity index is 1150. The van der Waals surface area contributed by atoms with Gasteiger partial charge in [0.25, 0.3) is 5.91 Å². The van der Waals surface area contributed by atoms with Crippen LogP contribution in [0.25, 0.3) is 0 Å². The van der Waals surface area contributed by atoms with Crippen LogP contribution in [0.3, 0.4) is 0 Å². The molecule has 1 radical (unpaired) electrons. The molecule has 9 heteroatoms. The molecule has 1 aliphatic heterocycles. The first-order chi connectivity index (χ1) is 14.4. The molecule has 8 nitrogen and oxygen atoms in total. The molecule has 0 aliphatic carbocycles. The number of hydrogen-bond donors (Lipinski definition) is 5. The van der Waals surface area contributed by atoms with E-state index < -0.39 is 12.0 Å². The van der Waals surface area contributed by atoms with Gasteiger partial charge in [-0.05, 0) is 29.8 Å². The van der Waals surface area contributed by atoms with Gasteiger partial charge in [0, 0.05) is 18.6 Å². The molecule has 1 amide bonds. The maximum atomic E-state index is 12.4. The Kier molecular flexibility index (Phi) is 6.39. The van der Waals surface area contributed by atoms with Crippen molar-refractivity contribution in [3.8, 4) is 28.7 Å². The van der Waals surface area contributed by atoms with Crippen molar-refractivity contribution in [2.75, 3.05) is 0 Å². The normalized spacial score (nSPS) is 16.0. The van der Waals surface area contributed by atoms with E-state index >= 15 is 0 Å². The van der Waals surface area contributed by atoms with Crippen molar-refractivity contribution in [1.29, 1.82) is 0 Å². The van der Waals surface area contributed by atoms with Gasteiger partial charge in [-0.3, -0.25) is 4.79 Å². The molecule has 0 aromatic heterocycles. The number of phenols is 4. The Hall–Kier alpha value is -3.68. The third-order valence-corrected chi connectivity index (χ3v) is 4.71. The van der Waals surface area contributed by atoms with E-state index in [1.165, 1.54) is 30.3 Å². The van der Waals surface area contributed by atoms with Crippen LogP contribution in [0.4, 0.5) is 0 Å². The molecule has 5 N–H and O–H groups in total. The van der Waals surface area contributed by atoms with E-state index in [1.54, 1.807) is 24.3 Å². The standard InChI is InChI=1S/C22H18N2O6.Cu/c25-13-7-5-12(6-8-13)19-11-16(21-18(28)9-14(26)10-20(21)30-19)23-24-22(29)15-3-1-2-4-17(15)27;/h1-10,19,25-28H,11H2,(H,24,29);/q;+2/b23-16-;. The molecule has 1 atom stereocenters. The molecule has 0 bridgehead atoms. The number of carbonyl (C=O) groups is 1. The minimum absolute atomic E-state index is 0. The number of amides is 1. The molecule has 0 saturated carbocycles. The fraction of sp³-hybridized carbons (Fsp3) is 0.0909. The Labute approximate surface area is 187 Å². The monoisotopic (exact) mass is 469 g/mol. The number of para-hydroxylation sites is 1. The van der Waals surface area contributed by atoms with Crippen molar-refractivity contribution >= 4 is 11.6 Å². The Morgan fingerprint density at radius 2 is 1.65 bits per heavy atom. The van der Waals surface area contributed by atoms with Gasteiger partial charge in [-0.2, -0.15) is 5.10 Å². The predicted molar refractivity (Wildman–Crippen MR) is 108 cm³/mol. The summed E-state index contributed by atoms with van der Waals surface area (Å²) in [6.07, 6.45) is -0.322. The minimum Gasteiger partial charge on any atom is -0.508 e. The number of hydrogen-bond acceptors (Lipinski definition) is 7. The van der Waals surface area contributed by atoms with Gasteiger partial charge in [0.2, 0.25) is 0 Å². The molecule has 161 valence electrons. The maximum Gasteiger partial charge on any atom is 2.00 e. The molecule has 1 heterocycles. The van der Waals surface area contributed by atoms with Crippen LogP contribution in [0.5, 0.6) is 28.7 Å². The number of fused-ring (bicyclic) bond motifs is 1. The number of benzene rings is 3. The van der Waals surface area contributed by atoms with E-state index in [2.05, 4.69) is 10.5 Å². The number of aromatic hydroxyl groups is 4. The second kappa shape index (κ2) is 8.99. The van der Waals surface area contributed by atoms with Gasteiger partial charge in [0.15, 0.2) is 0 Å².